The number of nitrogens with zero attached hydrogens (tertiary/aromatic N) is 3. The lowest BCUT2D eigenvalue weighted by molar-refractivity contribution is 0.102. The van der Waals surface area contributed by atoms with Gasteiger partial charge in [-0.15, -0.1) is 10.2 Å². The van der Waals surface area contributed by atoms with Crippen LogP contribution in [0.4, 0.5) is 5.69 Å². The number of sulfone groups is 1. The molecule has 0 bridgehead atoms. The molecule has 0 aliphatic rings. The zero-order valence-electron chi connectivity index (χ0n) is 15.3. The maximum absolute atomic E-state index is 12.5. The first-order chi connectivity index (χ1) is 12.7. The summed E-state index contributed by atoms with van der Waals surface area (Å²) in [6.07, 6.45) is 1.18. The number of hydrogen-bond donors (Lipinski definition) is 1. The highest BCUT2D eigenvalue weighted by Crippen LogP contribution is 2.21. The van der Waals surface area contributed by atoms with Crippen molar-refractivity contribution in [2.24, 2.45) is 7.05 Å². The van der Waals surface area contributed by atoms with E-state index < -0.39 is 9.84 Å². The minimum atomic E-state index is -3.11. The molecule has 0 saturated heterocycles. The van der Waals surface area contributed by atoms with Gasteiger partial charge in [-0.3, -0.25) is 4.79 Å². The Morgan fingerprint density at radius 1 is 1.11 bits per heavy atom. The maximum Gasteiger partial charge on any atom is 0.255 e. The van der Waals surface area contributed by atoms with E-state index in [-0.39, 0.29) is 11.7 Å². The zero-order valence-corrected chi connectivity index (χ0v) is 16.1. The van der Waals surface area contributed by atoms with E-state index in [0.717, 1.165) is 11.4 Å². The minimum Gasteiger partial charge on any atom is -0.322 e. The predicted octanol–water partition coefficient (Wildman–Crippen LogP) is 2.59. The first-order valence-corrected chi connectivity index (χ1v) is 10.3. The summed E-state index contributed by atoms with van der Waals surface area (Å²) in [6, 6.07) is 13.9. The molecule has 3 aromatic rings. The van der Waals surface area contributed by atoms with E-state index in [1.165, 1.54) is 6.26 Å². The lowest BCUT2D eigenvalue weighted by Gasteiger charge is -2.08. The molecular formula is C19H20N4O3S. The second-order valence-corrected chi connectivity index (χ2v) is 8.57. The Hall–Kier alpha value is -3.00. The molecule has 2 aromatic carbocycles. The molecule has 0 saturated carbocycles. The number of nitrogens with one attached hydrogen (secondary N) is 1. The summed E-state index contributed by atoms with van der Waals surface area (Å²) in [5, 5.41) is 11.0. The number of rotatable bonds is 5. The van der Waals surface area contributed by atoms with E-state index in [4.69, 9.17) is 0 Å². The summed E-state index contributed by atoms with van der Waals surface area (Å²) in [4.78, 5) is 12.5. The molecule has 0 fully saturated rings. The van der Waals surface area contributed by atoms with Gasteiger partial charge in [0.2, 0.25) is 0 Å². The topological polar surface area (TPSA) is 94.0 Å². The summed E-state index contributed by atoms with van der Waals surface area (Å²) < 4.78 is 24.6. The summed E-state index contributed by atoms with van der Waals surface area (Å²) in [5.74, 6) is 1.20. The number of carbonyl (C=O) groups is 1. The van der Waals surface area contributed by atoms with Gasteiger partial charge in [-0.1, -0.05) is 24.3 Å². The van der Waals surface area contributed by atoms with Gasteiger partial charge in [-0.05, 0) is 36.8 Å². The molecule has 1 heterocycles. The van der Waals surface area contributed by atoms with Crippen molar-refractivity contribution in [3.8, 4) is 11.4 Å². The third kappa shape index (κ3) is 4.59. The van der Waals surface area contributed by atoms with Gasteiger partial charge < -0.3 is 9.88 Å². The molecule has 1 aromatic heterocycles. The molecule has 1 N–H and O–H groups in total. The Morgan fingerprint density at radius 2 is 1.81 bits per heavy atom. The van der Waals surface area contributed by atoms with Crippen LogP contribution in [0.2, 0.25) is 0 Å². The molecule has 0 aliphatic carbocycles. The van der Waals surface area contributed by atoms with E-state index in [1.54, 1.807) is 30.3 Å². The van der Waals surface area contributed by atoms with Crippen LogP contribution < -0.4 is 5.32 Å². The van der Waals surface area contributed by atoms with Gasteiger partial charge in [0.15, 0.2) is 15.7 Å². The van der Waals surface area contributed by atoms with Gasteiger partial charge in [0.1, 0.15) is 5.82 Å². The van der Waals surface area contributed by atoms with Crippen LogP contribution in [-0.4, -0.2) is 35.3 Å². The lowest BCUT2D eigenvalue weighted by Crippen LogP contribution is -2.12. The van der Waals surface area contributed by atoms with Crippen LogP contribution in [0.3, 0.4) is 0 Å². The monoisotopic (exact) mass is 384 g/mol. The number of benzene rings is 2. The van der Waals surface area contributed by atoms with E-state index >= 15 is 0 Å². The summed E-state index contributed by atoms with van der Waals surface area (Å²) in [6.45, 7) is 1.87. The largest absolute Gasteiger partial charge is 0.322 e. The minimum absolute atomic E-state index is 0.0476. The molecule has 0 atom stereocenters. The van der Waals surface area contributed by atoms with Crippen LogP contribution in [0, 0.1) is 6.92 Å². The number of aryl methyl sites for hydroxylation is 1. The van der Waals surface area contributed by atoms with Gasteiger partial charge in [-0.25, -0.2) is 8.42 Å². The van der Waals surface area contributed by atoms with Crippen LogP contribution in [0.15, 0.2) is 48.5 Å². The molecule has 8 heteroatoms. The second-order valence-electron chi connectivity index (χ2n) is 6.43. The standard InChI is InChI=1S/C19H20N4O3S/c1-13-21-22-18(23(13)2)16-5-4-6-17(11-16)20-19(24)15-9-7-14(8-10-15)12-27(3,25)26/h4-11H,12H2,1-3H3,(H,20,24). The van der Waals surface area contributed by atoms with E-state index in [1.807, 2.05) is 36.7 Å². The third-order valence-electron chi connectivity index (χ3n) is 4.12. The molecular weight excluding hydrogens is 364 g/mol. The Labute approximate surface area is 158 Å². The van der Waals surface area contributed by atoms with Gasteiger partial charge in [-0.2, -0.15) is 0 Å². The number of anilines is 1. The second kappa shape index (κ2) is 7.32. The highest BCUT2D eigenvalue weighted by Gasteiger charge is 2.11. The fourth-order valence-corrected chi connectivity index (χ4v) is 3.45. The molecule has 0 spiro atoms. The zero-order chi connectivity index (χ0) is 19.6. The van der Waals surface area contributed by atoms with E-state index in [9.17, 15) is 13.2 Å². The molecule has 27 heavy (non-hydrogen) atoms. The Kier molecular flexibility index (Phi) is 5.09. The Balaban J connectivity index is 1.76. The average Bonchev–Trinajstić information content (AvgIpc) is 2.93. The van der Waals surface area contributed by atoms with Crippen LogP contribution in [0.25, 0.3) is 11.4 Å². The van der Waals surface area contributed by atoms with Gasteiger partial charge >= 0.3 is 0 Å². The molecule has 0 radical (unpaired) electrons. The summed E-state index contributed by atoms with van der Waals surface area (Å²) in [7, 11) is -1.22. The smallest absolute Gasteiger partial charge is 0.255 e. The van der Waals surface area contributed by atoms with Crippen molar-refractivity contribution in [1.29, 1.82) is 0 Å². The summed E-state index contributed by atoms with van der Waals surface area (Å²) >= 11 is 0. The van der Waals surface area contributed by atoms with E-state index in [2.05, 4.69) is 15.5 Å². The number of amides is 1. The number of hydrogen-bond acceptors (Lipinski definition) is 5. The van der Waals surface area contributed by atoms with Crippen molar-refractivity contribution in [2.75, 3.05) is 11.6 Å². The fourth-order valence-electron chi connectivity index (χ4n) is 2.65. The average molecular weight is 384 g/mol. The van der Waals surface area contributed by atoms with Crippen LogP contribution in [0.1, 0.15) is 21.7 Å². The van der Waals surface area contributed by atoms with Crippen molar-refractivity contribution in [3.05, 3.63) is 65.5 Å². The van der Waals surface area contributed by atoms with Crippen LogP contribution in [-0.2, 0) is 22.6 Å². The van der Waals surface area contributed by atoms with Gasteiger partial charge in [0.25, 0.3) is 5.91 Å². The van der Waals surface area contributed by atoms with Crippen molar-refractivity contribution in [1.82, 2.24) is 14.8 Å². The molecule has 0 unspecified atom stereocenters. The highest BCUT2D eigenvalue weighted by molar-refractivity contribution is 7.89. The van der Waals surface area contributed by atoms with Crippen molar-refractivity contribution < 1.29 is 13.2 Å². The van der Waals surface area contributed by atoms with Gasteiger partial charge in [0.05, 0.1) is 5.75 Å². The van der Waals surface area contributed by atoms with Gasteiger partial charge in [0, 0.05) is 30.1 Å². The quantitative estimate of drug-likeness (QED) is 0.730. The summed E-state index contributed by atoms with van der Waals surface area (Å²) in [5.41, 5.74) is 2.58. The normalized spacial score (nSPS) is 11.4. The Bertz CT molecular complexity index is 1090. The number of carbonyl (C=O) groups excluding carboxylic acids is 1. The SMILES string of the molecule is Cc1nnc(-c2cccc(NC(=O)c3ccc(CS(C)(=O)=O)cc3)c2)n1C. The fraction of sp³-hybridized carbons (Fsp3) is 0.211. The molecule has 140 valence electrons. The molecule has 0 aliphatic heterocycles. The first-order valence-electron chi connectivity index (χ1n) is 8.27. The van der Waals surface area contributed by atoms with E-state index in [0.29, 0.717) is 22.6 Å². The highest BCUT2D eigenvalue weighted by atomic mass is 32.2. The lowest BCUT2D eigenvalue weighted by atomic mass is 10.1. The predicted molar refractivity (Wildman–Crippen MR) is 104 cm³/mol. The molecule has 7 nitrogen and oxygen atoms in total. The number of aromatic nitrogens is 3. The van der Waals surface area contributed by atoms with Crippen molar-refractivity contribution >= 4 is 21.4 Å². The Morgan fingerprint density at radius 3 is 2.41 bits per heavy atom. The van der Waals surface area contributed by atoms with Crippen LogP contribution in [0.5, 0.6) is 0 Å². The van der Waals surface area contributed by atoms with Crippen molar-refractivity contribution in [3.63, 3.8) is 0 Å². The maximum atomic E-state index is 12.5. The molecule has 3 rings (SSSR count). The van der Waals surface area contributed by atoms with Crippen LogP contribution >= 0.6 is 0 Å². The first kappa shape index (κ1) is 18.8. The third-order valence-corrected chi connectivity index (χ3v) is 4.97. The van der Waals surface area contributed by atoms with Crippen molar-refractivity contribution in [2.45, 2.75) is 12.7 Å². The molecule has 1 amide bonds.